The summed E-state index contributed by atoms with van der Waals surface area (Å²) in [6, 6.07) is 7.35. The molecule has 1 amide bonds. The molecule has 2 rings (SSSR count). The van der Waals surface area contributed by atoms with Gasteiger partial charge in [-0.2, -0.15) is 0 Å². The zero-order valence-electron chi connectivity index (χ0n) is 8.27. The third-order valence-corrected chi connectivity index (χ3v) is 2.53. The van der Waals surface area contributed by atoms with Crippen molar-refractivity contribution in [3.63, 3.8) is 0 Å². The number of benzene rings is 1. The van der Waals surface area contributed by atoms with Crippen LogP contribution in [0, 0.1) is 0 Å². The van der Waals surface area contributed by atoms with Gasteiger partial charge in [-0.25, -0.2) is 0 Å². The lowest BCUT2D eigenvalue weighted by Gasteiger charge is -2.07. The minimum Gasteiger partial charge on any atom is -0.387 e. The minimum absolute atomic E-state index is 0.402. The molecule has 4 nitrogen and oxygen atoms in total. The summed E-state index contributed by atoms with van der Waals surface area (Å²) >= 11 is 6.11. The van der Waals surface area contributed by atoms with Crippen molar-refractivity contribution < 1.29 is 9.90 Å². The van der Waals surface area contributed by atoms with E-state index in [-0.39, 0.29) is 0 Å². The summed E-state index contributed by atoms with van der Waals surface area (Å²) in [5.41, 5.74) is 1.16. The largest absolute Gasteiger partial charge is 0.387 e. The van der Waals surface area contributed by atoms with Crippen molar-refractivity contribution in [2.24, 2.45) is 0 Å². The fraction of sp³-hybridized carbons (Fsp3) is 0.0909. The predicted octanol–water partition coefficient (Wildman–Crippen LogP) is 1.82. The molecule has 0 spiro atoms. The number of amides is 1. The molecule has 0 radical (unpaired) electrons. The number of carbonyl (C=O) groups excluding carboxylic acids is 1. The highest BCUT2D eigenvalue weighted by Gasteiger charge is 2.08. The van der Waals surface area contributed by atoms with E-state index in [1.54, 1.807) is 0 Å². The summed E-state index contributed by atoms with van der Waals surface area (Å²) in [5, 5.41) is 12.3. The second kappa shape index (κ2) is 4.47. The number of fused-ring (bicyclic) bond motifs is 1. The SMILES string of the molecule is O=C(CO)Nc1cnc2ccccc2c1Cl. The fourth-order valence-corrected chi connectivity index (χ4v) is 1.64. The highest BCUT2D eigenvalue weighted by atomic mass is 35.5. The van der Waals surface area contributed by atoms with Crippen LogP contribution in [-0.2, 0) is 4.79 Å². The molecule has 16 heavy (non-hydrogen) atoms. The van der Waals surface area contributed by atoms with Gasteiger partial charge < -0.3 is 10.4 Å². The van der Waals surface area contributed by atoms with Gasteiger partial charge in [-0.15, -0.1) is 0 Å². The van der Waals surface area contributed by atoms with Crippen LogP contribution < -0.4 is 5.32 Å². The van der Waals surface area contributed by atoms with Crippen LogP contribution in [-0.4, -0.2) is 22.6 Å². The van der Waals surface area contributed by atoms with E-state index in [2.05, 4.69) is 10.3 Å². The molecule has 0 atom stereocenters. The average molecular weight is 237 g/mol. The average Bonchev–Trinajstić information content (AvgIpc) is 2.33. The van der Waals surface area contributed by atoms with Crippen LogP contribution in [0.2, 0.25) is 5.02 Å². The number of hydrogen-bond donors (Lipinski definition) is 2. The number of nitrogens with one attached hydrogen (secondary N) is 1. The van der Waals surface area contributed by atoms with Gasteiger partial charge in [0.25, 0.3) is 0 Å². The van der Waals surface area contributed by atoms with E-state index in [1.165, 1.54) is 6.20 Å². The van der Waals surface area contributed by atoms with Gasteiger partial charge in [-0.1, -0.05) is 29.8 Å². The molecule has 0 saturated carbocycles. The Balaban J connectivity index is 2.48. The van der Waals surface area contributed by atoms with Crippen molar-refractivity contribution in [1.82, 2.24) is 4.98 Å². The number of pyridine rings is 1. The van der Waals surface area contributed by atoms with Gasteiger partial charge in [-0.05, 0) is 6.07 Å². The zero-order valence-corrected chi connectivity index (χ0v) is 9.03. The van der Waals surface area contributed by atoms with Gasteiger partial charge in [0.15, 0.2) is 0 Å². The lowest BCUT2D eigenvalue weighted by Crippen LogP contribution is -2.15. The van der Waals surface area contributed by atoms with Gasteiger partial charge in [0, 0.05) is 5.39 Å². The van der Waals surface area contributed by atoms with E-state index in [4.69, 9.17) is 16.7 Å². The van der Waals surface area contributed by atoms with Crippen LogP contribution in [0.25, 0.3) is 10.9 Å². The molecule has 5 heteroatoms. The summed E-state index contributed by atoms with van der Waals surface area (Å²) < 4.78 is 0. The van der Waals surface area contributed by atoms with Crippen LogP contribution in [0.3, 0.4) is 0 Å². The Morgan fingerprint density at radius 3 is 2.94 bits per heavy atom. The van der Waals surface area contributed by atoms with Crippen LogP contribution in [0.4, 0.5) is 5.69 Å². The Labute approximate surface area is 96.9 Å². The van der Waals surface area contributed by atoms with Crippen molar-refractivity contribution >= 4 is 34.1 Å². The van der Waals surface area contributed by atoms with Crippen LogP contribution in [0.5, 0.6) is 0 Å². The molecule has 0 fully saturated rings. The zero-order chi connectivity index (χ0) is 11.5. The monoisotopic (exact) mass is 236 g/mol. The minimum atomic E-state index is -0.580. The lowest BCUT2D eigenvalue weighted by molar-refractivity contribution is -0.118. The first-order chi connectivity index (χ1) is 7.72. The summed E-state index contributed by atoms with van der Waals surface area (Å²) in [7, 11) is 0. The number of para-hydroxylation sites is 1. The third kappa shape index (κ3) is 1.98. The molecule has 82 valence electrons. The molecule has 0 unspecified atom stereocenters. The first-order valence-electron chi connectivity index (χ1n) is 4.66. The molecule has 1 aromatic heterocycles. The number of nitrogens with zero attached hydrogens (tertiary/aromatic N) is 1. The van der Waals surface area contributed by atoms with E-state index in [1.807, 2.05) is 24.3 Å². The molecular weight excluding hydrogens is 228 g/mol. The second-order valence-electron chi connectivity index (χ2n) is 3.21. The Morgan fingerprint density at radius 2 is 2.19 bits per heavy atom. The number of halogens is 1. The van der Waals surface area contributed by atoms with Crippen LogP contribution >= 0.6 is 11.6 Å². The van der Waals surface area contributed by atoms with Crippen LogP contribution in [0.1, 0.15) is 0 Å². The van der Waals surface area contributed by atoms with E-state index < -0.39 is 12.5 Å². The van der Waals surface area contributed by atoms with Crippen molar-refractivity contribution in [2.75, 3.05) is 11.9 Å². The quantitative estimate of drug-likeness (QED) is 0.836. The highest BCUT2D eigenvalue weighted by molar-refractivity contribution is 6.38. The maximum absolute atomic E-state index is 11.0. The predicted molar refractivity (Wildman–Crippen MR) is 62.5 cm³/mol. The number of rotatable bonds is 2. The lowest BCUT2D eigenvalue weighted by atomic mass is 10.2. The molecule has 0 saturated heterocycles. The van der Waals surface area contributed by atoms with Gasteiger partial charge in [0.1, 0.15) is 6.61 Å². The van der Waals surface area contributed by atoms with Crippen molar-refractivity contribution in [3.05, 3.63) is 35.5 Å². The molecule has 2 N–H and O–H groups in total. The number of hydrogen-bond acceptors (Lipinski definition) is 3. The van der Waals surface area contributed by atoms with Gasteiger partial charge >= 0.3 is 0 Å². The van der Waals surface area contributed by atoms with E-state index >= 15 is 0 Å². The summed E-state index contributed by atoms with van der Waals surface area (Å²) in [6.45, 7) is -0.580. The molecule has 0 aliphatic rings. The highest BCUT2D eigenvalue weighted by Crippen LogP contribution is 2.28. The molecular formula is C11H9ClN2O2. The summed E-state index contributed by atoms with van der Waals surface area (Å²) in [4.78, 5) is 15.2. The first kappa shape index (κ1) is 10.9. The second-order valence-corrected chi connectivity index (χ2v) is 3.59. The van der Waals surface area contributed by atoms with Gasteiger partial charge in [0.05, 0.1) is 22.4 Å². The molecule has 2 aromatic rings. The maximum atomic E-state index is 11.0. The molecule has 0 aliphatic heterocycles. The molecule has 1 heterocycles. The molecule has 0 bridgehead atoms. The van der Waals surface area contributed by atoms with Crippen molar-refractivity contribution in [1.29, 1.82) is 0 Å². The number of anilines is 1. The van der Waals surface area contributed by atoms with Crippen molar-refractivity contribution in [2.45, 2.75) is 0 Å². The molecule has 0 aliphatic carbocycles. The number of carbonyl (C=O) groups is 1. The number of aromatic nitrogens is 1. The normalized spacial score (nSPS) is 10.4. The number of aliphatic hydroxyl groups excluding tert-OH is 1. The van der Waals surface area contributed by atoms with E-state index in [0.29, 0.717) is 10.7 Å². The van der Waals surface area contributed by atoms with Gasteiger partial charge in [0.2, 0.25) is 5.91 Å². The van der Waals surface area contributed by atoms with Crippen molar-refractivity contribution in [3.8, 4) is 0 Å². The topological polar surface area (TPSA) is 62.2 Å². The first-order valence-corrected chi connectivity index (χ1v) is 5.04. The maximum Gasteiger partial charge on any atom is 0.250 e. The summed E-state index contributed by atoms with van der Waals surface area (Å²) in [6.07, 6.45) is 1.47. The van der Waals surface area contributed by atoms with E-state index in [9.17, 15) is 4.79 Å². The Kier molecular flexibility index (Phi) is 3.03. The number of aliphatic hydroxyl groups is 1. The van der Waals surface area contributed by atoms with Crippen LogP contribution in [0.15, 0.2) is 30.5 Å². The van der Waals surface area contributed by atoms with E-state index in [0.717, 1.165) is 10.9 Å². The third-order valence-electron chi connectivity index (χ3n) is 2.13. The Morgan fingerprint density at radius 1 is 1.44 bits per heavy atom. The summed E-state index contributed by atoms with van der Waals surface area (Å²) in [5.74, 6) is -0.515. The smallest absolute Gasteiger partial charge is 0.250 e. The molecule has 1 aromatic carbocycles. The Hall–Kier alpha value is -1.65. The Bertz CT molecular complexity index is 542. The standard InChI is InChI=1S/C11H9ClN2O2/c12-11-7-3-1-2-4-8(7)13-5-9(11)14-10(16)6-15/h1-5,15H,6H2,(H,14,16). The fourth-order valence-electron chi connectivity index (χ4n) is 1.38. The van der Waals surface area contributed by atoms with Gasteiger partial charge in [-0.3, -0.25) is 9.78 Å².